The van der Waals surface area contributed by atoms with Crippen LogP contribution in [0.25, 0.3) is 0 Å². The minimum atomic E-state index is -0.422. The highest BCUT2D eigenvalue weighted by Gasteiger charge is 2.14. The van der Waals surface area contributed by atoms with Crippen LogP contribution in [0.2, 0.25) is 0 Å². The number of anilines is 2. The summed E-state index contributed by atoms with van der Waals surface area (Å²) in [6.07, 6.45) is 1.15. The van der Waals surface area contributed by atoms with Gasteiger partial charge in [-0.2, -0.15) is 0 Å². The Morgan fingerprint density at radius 1 is 1.16 bits per heavy atom. The number of nitrogens with zero attached hydrogens (tertiary/aromatic N) is 2. The summed E-state index contributed by atoms with van der Waals surface area (Å²) >= 11 is 5.82. The fourth-order valence-electron chi connectivity index (χ4n) is 1.89. The van der Waals surface area contributed by atoms with Crippen molar-refractivity contribution in [3.8, 4) is 0 Å². The van der Waals surface area contributed by atoms with Gasteiger partial charge in [-0.1, -0.05) is 0 Å². The molecule has 0 aliphatic carbocycles. The maximum absolute atomic E-state index is 13.2. The molecule has 2 rings (SSSR count). The Morgan fingerprint density at radius 2 is 1.84 bits per heavy atom. The third-order valence-corrected chi connectivity index (χ3v) is 3.05. The van der Waals surface area contributed by atoms with Gasteiger partial charge >= 0.3 is 0 Å². The molecule has 0 saturated heterocycles. The number of benzene rings is 1. The Balaban J connectivity index is 2.44. The highest BCUT2D eigenvalue weighted by molar-refractivity contribution is 6.17. The van der Waals surface area contributed by atoms with Crippen LogP contribution in [0, 0.1) is 11.6 Å². The van der Waals surface area contributed by atoms with Crippen LogP contribution in [0.15, 0.2) is 36.5 Å². The van der Waals surface area contributed by atoms with Gasteiger partial charge in [0.1, 0.15) is 17.5 Å². The monoisotopic (exact) mass is 282 g/mol. The zero-order valence-corrected chi connectivity index (χ0v) is 11.2. The average molecular weight is 283 g/mol. The van der Waals surface area contributed by atoms with Crippen molar-refractivity contribution in [2.45, 2.75) is 12.8 Å². The molecule has 2 nitrogen and oxygen atoms in total. The summed E-state index contributed by atoms with van der Waals surface area (Å²) < 4.78 is 26.1. The van der Waals surface area contributed by atoms with E-state index in [0.29, 0.717) is 17.9 Å². The van der Waals surface area contributed by atoms with Gasteiger partial charge in [0.15, 0.2) is 0 Å². The lowest BCUT2D eigenvalue weighted by molar-refractivity contribution is 0.619. The first-order valence-electron chi connectivity index (χ1n) is 5.89. The van der Waals surface area contributed by atoms with Crippen molar-refractivity contribution >= 4 is 23.1 Å². The highest BCUT2D eigenvalue weighted by Crippen LogP contribution is 2.27. The Hall–Kier alpha value is -1.68. The molecule has 0 aliphatic heterocycles. The molecule has 0 unspecified atom stereocenters. The summed E-state index contributed by atoms with van der Waals surface area (Å²) in [6, 6.07) is 7.43. The van der Waals surface area contributed by atoms with Gasteiger partial charge in [-0.3, -0.25) is 0 Å². The van der Waals surface area contributed by atoms with Gasteiger partial charge < -0.3 is 4.90 Å². The van der Waals surface area contributed by atoms with Crippen molar-refractivity contribution in [2.75, 3.05) is 11.4 Å². The summed E-state index contributed by atoms with van der Waals surface area (Å²) in [5.74, 6) is 0.0298. The van der Waals surface area contributed by atoms with Crippen molar-refractivity contribution < 1.29 is 8.78 Å². The second-order valence-electron chi connectivity index (χ2n) is 3.99. The van der Waals surface area contributed by atoms with E-state index in [-0.39, 0.29) is 11.7 Å². The van der Waals surface area contributed by atoms with Crippen molar-refractivity contribution in [3.05, 3.63) is 53.7 Å². The first kappa shape index (κ1) is 13.7. The number of aromatic nitrogens is 1. The molecule has 0 fully saturated rings. The van der Waals surface area contributed by atoms with Crippen molar-refractivity contribution in [3.63, 3.8) is 0 Å². The molecular formula is C14H13ClF2N2. The Morgan fingerprint density at radius 3 is 2.42 bits per heavy atom. The molecule has 1 aromatic carbocycles. The van der Waals surface area contributed by atoms with Crippen molar-refractivity contribution in [2.24, 2.45) is 0 Å². The SMILES string of the molecule is CCN(c1ccc(F)cc1)c1ncc(F)cc1CCl. The van der Waals surface area contributed by atoms with E-state index in [9.17, 15) is 8.78 Å². The molecule has 2 aromatic rings. The molecule has 0 N–H and O–H groups in total. The quantitative estimate of drug-likeness (QED) is 0.779. The maximum Gasteiger partial charge on any atom is 0.141 e. The predicted octanol–water partition coefficient (Wildman–Crippen LogP) is 4.26. The lowest BCUT2D eigenvalue weighted by Gasteiger charge is -2.24. The van der Waals surface area contributed by atoms with Crippen LogP contribution in [-0.4, -0.2) is 11.5 Å². The summed E-state index contributed by atoms with van der Waals surface area (Å²) in [5.41, 5.74) is 1.39. The van der Waals surface area contributed by atoms with Gasteiger partial charge in [-0.15, -0.1) is 11.6 Å². The van der Waals surface area contributed by atoms with Gasteiger partial charge in [-0.05, 0) is 37.3 Å². The molecule has 19 heavy (non-hydrogen) atoms. The summed E-state index contributed by atoms with van der Waals surface area (Å²) in [6.45, 7) is 2.56. The normalized spacial score (nSPS) is 10.5. The zero-order chi connectivity index (χ0) is 13.8. The number of halogens is 3. The van der Waals surface area contributed by atoms with E-state index in [1.165, 1.54) is 18.2 Å². The molecule has 0 spiro atoms. The van der Waals surface area contributed by atoms with E-state index in [1.54, 1.807) is 12.1 Å². The molecule has 0 bridgehead atoms. The highest BCUT2D eigenvalue weighted by atomic mass is 35.5. The van der Waals surface area contributed by atoms with Crippen molar-refractivity contribution in [1.82, 2.24) is 4.98 Å². The van der Waals surface area contributed by atoms with E-state index in [0.717, 1.165) is 11.9 Å². The van der Waals surface area contributed by atoms with Crippen LogP contribution in [-0.2, 0) is 5.88 Å². The van der Waals surface area contributed by atoms with Gasteiger partial charge in [0.2, 0.25) is 0 Å². The van der Waals surface area contributed by atoms with Gasteiger partial charge in [0.25, 0.3) is 0 Å². The third kappa shape index (κ3) is 3.01. The molecule has 0 aliphatic rings. The van der Waals surface area contributed by atoms with Crippen LogP contribution in [0.4, 0.5) is 20.3 Å². The smallest absolute Gasteiger partial charge is 0.141 e. The molecular weight excluding hydrogens is 270 g/mol. The third-order valence-electron chi connectivity index (χ3n) is 2.76. The van der Waals surface area contributed by atoms with Gasteiger partial charge in [0.05, 0.1) is 12.1 Å². The van der Waals surface area contributed by atoms with Crippen LogP contribution in [0.3, 0.4) is 0 Å². The standard InChI is InChI=1S/C14H13ClF2N2/c1-2-19(13-5-3-11(16)4-6-13)14-10(8-15)7-12(17)9-18-14/h3-7,9H,2,8H2,1H3. The fraction of sp³-hybridized carbons (Fsp3) is 0.214. The maximum atomic E-state index is 13.2. The Kier molecular flexibility index (Phi) is 4.32. The fourth-order valence-corrected chi connectivity index (χ4v) is 2.09. The second-order valence-corrected chi connectivity index (χ2v) is 4.26. The first-order chi connectivity index (χ1) is 9.15. The van der Waals surface area contributed by atoms with E-state index in [2.05, 4.69) is 4.98 Å². The first-order valence-corrected chi connectivity index (χ1v) is 6.42. The summed E-state index contributed by atoms with van der Waals surface area (Å²) in [4.78, 5) is 5.95. The number of hydrogen-bond acceptors (Lipinski definition) is 2. The molecule has 0 amide bonds. The molecule has 0 saturated carbocycles. The summed E-state index contributed by atoms with van der Waals surface area (Å²) in [5, 5.41) is 0. The van der Waals surface area contributed by atoms with Crippen molar-refractivity contribution in [1.29, 1.82) is 0 Å². The molecule has 1 heterocycles. The van der Waals surface area contributed by atoms with Crippen LogP contribution in [0.1, 0.15) is 12.5 Å². The summed E-state index contributed by atoms with van der Waals surface area (Å²) in [7, 11) is 0. The lowest BCUT2D eigenvalue weighted by atomic mass is 10.2. The number of hydrogen-bond donors (Lipinski definition) is 0. The minimum Gasteiger partial charge on any atom is -0.326 e. The molecule has 0 atom stereocenters. The molecule has 1 aromatic heterocycles. The minimum absolute atomic E-state index is 0.164. The Bertz CT molecular complexity index is 558. The zero-order valence-electron chi connectivity index (χ0n) is 10.4. The average Bonchev–Trinajstić information content (AvgIpc) is 2.43. The molecule has 5 heteroatoms. The largest absolute Gasteiger partial charge is 0.326 e. The van der Waals surface area contributed by atoms with Crippen LogP contribution in [0.5, 0.6) is 0 Å². The van der Waals surface area contributed by atoms with E-state index in [4.69, 9.17) is 11.6 Å². The number of alkyl halides is 1. The lowest BCUT2D eigenvalue weighted by Crippen LogP contribution is -2.19. The number of rotatable bonds is 4. The van der Waals surface area contributed by atoms with E-state index >= 15 is 0 Å². The number of pyridine rings is 1. The van der Waals surface area contributed by atoms with Crippen LogP contribution < -0.4 is 4.90 Å². The van der Waals surface area contributed by atoms with Gasteiger partial charge in [0, 0.05) is 17.8 Å². The molecule has 100 valence electrons. The Labute approximate surface area is 115 Å². The van der Waals surface area contributed by atoms with Gasteiger partial charge in [-0.25, -0.2) is 13.8 Å². The predicted molar refractivity (Wildman–Crippen MR) is 72.8 cm³/mol. The second kappa shape index (κ2) is 5.97. The van der Waals surface area contributed by atoms with Crippen LogP contribution >= 0.6 is 11.6 Å². The topological polar surface area (TPSA) is 16.1 Å². The van der Waals surface area contributed by atoms with E-state index in [1.807, 2.05) is 11.8 Å². The molecule has 0 radical (unpaired) electrons. The van der Waals surface area contributed by atoms with E-state index < -0.39 is 5.82 Å².